The maximum Gasteiger partial charge on any atom is 0.410 e. The van der Waals surface area contributed by atoms with E-state index in [0.29, 0.717) is 26.2 Å². The third-order valence-corrected chi connectivity index (χ3v) is 3.73. The van der Waals surface area contributed by atoms with Gasteiger partial charge in [-0.3, -0.25) is 0 Å². The average molecular weight is 337 g/mol. The SMILES string of the molecule is C=CCN(CC=C)C(=O)NCC1CCCCN1C(=O)OC(C)(C)C. The van der Waals surface area contributed by atoms with E-state index >= 15 is 0 Å². The highest BCUT2D eigenvalue weighted by Crippen LogP contribution is 2.20. The van der Waals surface area contributed by atoms with E-state index in [1.165, 1.54) is 0 Å². The first-order valence-electron chi connectivity index (χ1n) is 8.52. The Morgan fingerprint density at radius 1 is 1.25 bits per heavy atom. The first kappa shape index (κ1) is 20.1. The zero-order valence-electron chi connectivity index (χ0n) is 15.2. The number of nitrogens with zero attached hydrogens (tertiary/aromatic N) is 2. The van der Waals surface area contributed by atoms with Crippen molar-refractivity contribution in [1.82, 2.24) is 15.1 Å². The molecular weight excluding hydrogens is 306 g/mol. The molecule has 0 aliphatic carbocycles. The van der Waals surface area contributed by atoms with E-state index in [9.17, 15) is 9.59 Å². The zero-order valence-corrected chi connectivity index (χ0v) is 15.2. The van der Waals surface area contributed by atoms with E-state index in [0.717, 1.165) is 19.3 Å². The molecule has 6 heteroatoms. The van der Waals surface area contributed by atoms with E-state index in [4.69, 9.17) is 4.74 Å². The Morgan fingerprint density at radius 3 is 2.42 bits per heavy atom. The number of likely N-dealkylation sites (tertiary alicyclic amines) is 1. The largest absolute Gasteiger partial charge is 0.444 e. The number of carbonyl (C=O) groups excluding carboxylic acids is 2. The molecule has 0 spiro atoms. The smallest absolute Gasteiger partial charge is 0.410 e. The van der Waals surface area contributed by atoms with Crippen molar-refractivity contribution in [2.45, 2.75) is 51.7 Å². The summed E-state index contributed by atoms with van der Waals surface area (Å²) in [6.45, 7) is 14.9. The molecule has 1 aliphatic heterocycles. The summed E-state index contributed by atoms with van der Waals surface area (Å²) in [6, 6.07) is -0.212. The Bertz CT molecular complexity index is 447. The Labute approximate surface area is 145 Å². The lowest BCUT2D eigenvalue weighted by Gasteiger charge is -2.37. The molecule has 1 atom stereocenters. The van der Waals surface area contributed by atoms with E-state index < -0.39 is 5.60 Å². The molecule has 0 aromatic rings. The summed E-state index contributed by atoms with van der Waals surface area (Å²) in [6.07, 6.45) is 5.91. The van der Waals surface area contributed by atoms with Crippen LogP contribution in [-0.4, -0.2) is 59.7 Å². The van der Waals surface area contributed by atoms with Gasteiger partial charge in [-0.05, 0) is 40.0 Å². The van der Waals surface area contributed by atoms with E-state index in [-0.39, 0.29) is 18.2 Å². The fraction of sp³-hybridized carbons (Fsp3) is 0.667. The second-order valence-electron chi connectivity index (χ2n) is 6.99. The van der Waals surface area contributed by atoms with Crippen molar-refractivity contribution in [2.24, 2.45) is 0 Å². The summed E-state index contributed by atoms with van der Waals surface area (Å²) in [5.41, 5.74) is -0.521. The van der Waals surface area contributed by atoms with Gasteiger partial charge in [0, 0.05) is 26.2 Å². The Balaban J connectivity index is 2.62. The number of nitrogens with one attached hydrogen (secondary N) is 1. The molecule has 1 N–H and O–H groups in total. The van der Waals surface area contributed by atoms with Gasteiger partial charge in [0.15, 0.2) is 0 Å². The van der Waals surface area contributed by atoms with E-state index in [1.54, 1.807) is 22.0 Å². The molecule has 0 radical (unpaired) electrons. The normalized spacial score (nSPS) is 17.8. The molecule has 1 aliphatic rings. The highest BCUT2D eigenvalue weighted by Gasteiger charge is 2.30. The zero-order chi connectivity index (χ0) is 18.2. The lowest BCUT2D eigenvalue weighted by Crippen LogP contribution is -2.52. The second-order valence-corrected chi connectivity index (χ2v) is 6.99. The molecule has 3 amide bonds. The van der Waals surface area contributed by atoms with Crippen LogP contribution in [0.3, 0.4) is 0 Å². The van der Waals surface area contributed by atoms with Crippen molar-refractivity contribution in [2.75, 3.05) is 26.2 Å². The molecule has 0 aromatic heterocycles. The number of urea groups is 1. The summed E-state index contributed by atoms with van der Waals surface area (Å²) in [7, 11) is 0. The molecule has 1 fully saturated rings. The molecule has 0 saturated carbocycles. The summed E-state index contributed by atoms with van der Waals surface area (Å²) in [4.78, 5) is 28.0. The lowest BCUT2D eigenvalue weighted by molar-refractivity contribution is 0.0101. The van der Waals surface area contributed by atoms with Crippen LogP contribution in [0.25, 0.3) is 0 Å². The average Bonchev–Trinajstić information content (AvgIpc) is 2.51. The number of hydrogen-bond donors (Lipinski definition) is 1. The number of carbonyl (C=O) groups is 2. The number of amides is 3. The maximum atomic E-state index is 12.4. The Hall–Kier alpha value is -1.98. The summed E-state index contributed by atoms with van der Waals surface area (Å²) in [5.74, 6) is 0. The van der Waals surface area contributed by atoms with Gasteiger partial charge in [0.05, 0.1) is 6.04 Å². The third-order valence-electron chi connectivity index (χ3n) is 3.73. The van der Waals surface area contributed by atoms with Crippen LogP contribution < -0.4 is 5.32 Å². The number of piperidine rings is 1. The maximum absolute atomic E-state index is 12.4. The minimum Gasteiger partial charge on any atom is -0.444 e. The highest BCUT2D eigenvalue weighted by atomic mass is 16.6. The van der Waals surface area contributed by atoms with E-state index in [2.05, 4.69) is 18.5 Å². The summed E-state index contributed by atoms with van der Waals surface area (Å²) in [5, 5.41) is 2.91. The highest BCUT2D eigenvalue weighted by molar-refractivity contribution is 5.74. The fourth-order valence-corrected chi connectivity index (χ4v) is 2.64. The predicted octanol–water partition coefficient (Wildman–Crippen LogP) is 3.16. The van der Waals surface area contributed by atoms with Gasteiger partial charge in [0.1, 0.15) is 5.60 Å². The fourth-order valence-electron chi connectivity index (χ4n) is 2.64. The van der Waals surface area contributed by atoms with Crippen molar-refractivity contribution in [1.29, 1.82) is 0 Å². The van der Waals surface area contributed by atoms with Gasteiger partial charge in [0.25, 0.3) is 0 Å². The third kappa shape index (κ3) is 6.64. The molecule has 1 unspecified atom stereocenters. The quantitative estimate of drug-likeness (QED) is 0.757. The standard InChI is InChI=1S/C18H31N3O3/c1-6-11-20(12-7-2)16(22)19-14-15-10-8-9-13-21(15)17(23)24-18(3,4)5/h6-7,15H,1-2,8-14H2,3-5H3,(H,19,22). The number of hydrogen-bond acceptors (Lipinski definition) is 3. The number of ether oxygens (including phenoxy) is 1. The van der Waals surface area contributed by atoms with Crippen LogP contribution in [0.4, 0.5) is 9.59 Å². The van der Waals surface area contributed by atoms with Crippen molar-refractivity contribution >= 4 is 12.1 Å². The molecule has 1 heterocycles. The van der Waals surface area contributed by atoms with Gasteiger partial charge in [-0.25, -0.2) is 9.59 Å². The molecule has 1 rings (SSSR count). The van der Waals surface area contributed by atoms with Crippen LogP contribution in [0.15, 0.2) is 25.3 Å². The van der Waals surface area contributed by atoms with Crippen LogP contribution in [0.1, 0.15) is 40.0 Å². The van der Waals surface area contributed by atoms with Crippen molar-refractivity contribution in [3.8, 4) is 0 Å². The first-order chi connectivity index (χ1) is 11.3. The van der Waals surface area contributed by atoms with Crippen LogP contribution in [0, 0.1) is 0 Å². The molecule has 6 nitrogen and oxygen atoms in total. The van der Waals surface area contributed by atoms with Crippen LogP contribution in [0.2, 0.25) is 0 Å². The monoisotopic (exact) mass is 337 g/mol. The molecule has 0 bridgehead atoms. The topological polar surface area (TPSA) is 61.9 Å². The molecule has 136 valence electrons. The molecule has 1 saturated heterocycles. The van der Waals surface area contributed by atoms with Gasteiger partial charge in [-0.1, -0.05) is 12.2 Å². The molecule has 0 aromatic carbocycles. The van der Waals surface area contributed by atoms with Crippen molar-refractivity contribution < 1.29 is 14.3 Å². The Morgan fingerprint density at radius 2 is 1.88 bits per heavy atom. The van der Waals surface area contributed by atoms with Crippen LogP contribution in [0.5, 0.6) is 0 Å². The first-order valence-corrected chi connectivity index (χ1v) is 8.52. The minimum absolute atomic E-state index is 0.0353. The van der Waals surface area contributed by atoms with Crippen molar-refractivity contribution in [3.63, 3.8) is 0 Å². The Kier molecular flexibility index (Phi) is 7.82. The lowest BCUT2D eigenvalue weighted by atomic mass is 10.0. The minimum atomic E-state index is -0.521. The van der Waals surface area contributed by atoms with Crippen molar-refractivity contribution in [3.05, 3.63) is 25.3 Å². The van der Waals surface area contributed by atoms with Crippen LogP contribution >= 0.6 is 0 Å². The van der Waals surface area contributed by atoms with Gasteiger partial charge in [-0.15, -0.1) is 13.2 Å². The molecular formula is C18H31N3O3. The van der Waals surface area contributed by atoms with Gasteiger partial charge in [0.2, 0.25) is 0 Å². The van der Waals surface area contributed by atoms with Crippen LogP contribution in [-0.2, 0) is 4.74 Å². The summed E-state index contributed by atoms with van der Waals surface area (Å²) >= 11 is 0. The molecule has 24 heavy (non-hydrogen) atoms. The van der Waals surface area contributed by atoms with Gasteiger partial charge >= 0.3 is 12.1 Å². The second kappa shape index (κ2) is 9.35. The number of rotatable bonds is 6. The predicted molar refractivity (Wildman–Crippen MR) is 95.9 cm³/mol. The van der Waals surface area contributed by atoms with E-state index in [1.807, 2.05) is 20.8 Å². The summed E-state index contributed by atoms with van der Waals surface area (Å²) < 4.78 is 5.48. The van der Waals surface area contributed by atoms with Gasteiger partial charge in [-0.2, -0.15) is 0 Å². The van der Waals surface area contributed by atoms with Gasteiger partial charge < -0.3 is 19.9 Å².